The van der Waals surface area contributed by atoms with Crippen molar-refractivity contribution in [3.8, 4) is 0 Å². The maximum Gasteiger partial charge on any atom is 0.135 e. The Morgan fingerprint density at radius 2 is 1.30 bits per heavy atom. The van der Waals surface area contributed by atoms with Crippen molar-refractivity contribution in [2.75, 3.05) is 0 Å². The Balaban J connectivity index is 0.000000181. The van der Waals surface area contributed by atoms with Gasteiger partial charge in [0.1, 0.15) is 11.3 Å². The number of aromatic nitrogens is 2. The van der Waals surface area contributed by atoms with E-state index in [1.165, 1.54) is 72.5 Å². The topological polar surface area (TPSA) is 33.9 Å². The number of fused-ring (bicyclic) bond motifs is 7. The van der Waals surface area contributed by atoms with Crippen LogP contribution in [0.3, 0.4) is 0 Å². The first-order valence-corrected chi connectivity index (χ1v) is 15.3. The molecule has 5 aromatic carbocycles. The summed E-state index contributed by atoms with van der Waals surface area (Å²) in [7, 11) is 6.65. The fraction of sp³-hybridized carbons (Fsp3) is 0.150. The molecule has 0 spiro atoms. The summed E-state index contributed by atoms with van der Waals surface area (Å²) >= 11 is 0. The molecule has 0 unspecified atom stereocenters. The van der Waals surface area contributed by atoms with Gasteiger partial charge in [0.15, 0.2) is 0 Å². The number of furan rings is 1. The molecule has 3 aromatic heterocycles. The van der Waals surface area contributed by atoms with E-state index in [0.29, 0.717) is 0 Å². The molecule has 0 amide bonds. The summed E-state index contributed by atoms with van der Waals surface area (Å²) in [5.74, 6) is 0.996. The standard InChI is InChI=1S/C26H20N2.C13H14O.CH3B/c1-28-25-9-5-3-7-20(25)22-16-18(11-13-26(22)28)14-17-10-12-24-21(15-17)19-6-2-4-8-23(19)27-24;1-3-7-12-10(4-2)11-8-5-6-9-13(11)14-12;1-2/h2-13,15-16,27H,14H2,1H3;3,5-9H,4H2,1-2H3;1H3/b;7-3-;. The number of nitrogens with one attached hydrogen (secondary N) is 1. The summed E-state index contributed by atoms with van der Waals surface area (Å²) in [6.07, 6.45) is 5.99. The van der Waals surface area contributed by atoms with Crippen LogP contribution in [0.2, 0.25) is 6.82 Å². The molecule has 0 saturated carbocycles. The van der Waals surface area contributed by atoms with E-state index in [1.54, 1.807) is 0 Å². The monoisotopic (exact) mass is 572 g/mol. The Bertz CT molecular complexity index is 2250. The highest BCUT2D eigenvalue weighted by molar-refractivity contribution is 6.09. The number of rotatable bonds is 4. The summed E-state index contributed by atoms with van der Waals surface area (Å²) < 4.78 is 8.03. The SMILES string of the molecule is C/C=C\c1oc2ccccc2c1CC.Cn1c2ccccc2c2cc(Cc3ccc4[nH]c5ccccc5c4c3)ccc21.[B]C. The highest BCUT2D eigenvalue weighted by Gasteiger charge is 2.10. The zero-order chi connectivity index (χ0) is 30.6. The number of hydrogen-bond donors (Lipinski definition) is 1. The lowest BCUT2D eigenvalue weighted by Crippen LogP contribution is -1.89. The van der Waals surface area contributed by atoms with E-state index in [0.717, 1.165) is 24.2 Å². The zero-order valence-electron chi connectivity index (χ0n) is 25.9. The molecule has 0 saturated heterocycles. The zero-order valence-corrected chi connectivity index (χ0v) is 25.9. The Hall–Kier alpha value is -4.96. The first kappa shape index (κ1) is 29.1. The molecule has 0 aliphatic carbocycles. The quantitative estimate of drug-likeness (QED) is 0.209. The highest BCUT2D eigenvalue weighted by Crippen LogP contribution is 2.31. The molecule has 3 heterocycles. The largest absolute Gasteiger partial charge is 0.456 e. The molecule has 216 valence electrons. The molecular formula is C40H37BN2O. The van der Waals surface area contributed by atoms with Gasteiger partial charge in [-0.25, -0.2) is 0 Å². The molecule has 8 aromatic rings. The lowest BCUT2D eigenvalue weighted by atomic mass is 10.0. The number of aryl methyl sites for hydroxylation is 2. The van der Waals surface area contributed by atoms with Gasteiger partial charge in [-0.3, -0.25) is 0 Å². The third kappa shape index (κ3) is 5.33. The van der Waals surface area contributed by atoms with Crippen molar-refractivity contribution >= 4 is 68.5 Å². The lowest BCUT2D eigenvalue weighted by molar-refractivity contribution is 0.599. The molecule has 0 aliphatic rings. The maximum atomic E-state index is 5.74. The summed E-state index contributed by atoms with van der Waals surface area (Å²) in [6.45, 7) is 5.66. The number of benzene rings is 5. The molecular weight excluding hydrogens is 535 g/mol. The Morgan fingerprint density at radius 3 is 2.07 bits per heavy atom. The molecule has 2 radical (unpaired) electrons. The number of allylic oxidation sites excluding steroid dienone is 1. The van der Waals surface area contributed by atoms with Gasteiger partial charge >= 0.3 is 0 Å². The number of hydrogen-bond acceptors (Lipinski definition) is 1. The summed E-state index contributed by atoms with van der Waals surface area (Å²) in [6, 6.07) is 39.0. The average Bonchev–Trinajstić information content (AvgIpc) is 3.71. The van der Waals surface area contributed by atoms with Crippen LogP contribution in [-0.4, -0.2) is 17.4 Å². The second-order valence-electron chi connectivity index (χ2n) is 10.9. The fourth-order valence-corrected chi connectivity index (χ4v) is 6.33. The molecule has 1 N–H and O–H groups in total. The van der Waals surface area contributed by atoms with Crippen LogP contribution in [0.1, 0.15) is 36.3 Å². The van der Waals surface area contributed by atoms with Crippen molar-refractivity contribution in [3.05, 3.63) is 138 Å². The molecule has 3 nitrogen and oxygen atoms in total. The molecule has 0 bridgehead atoms. The maximum absolute atomic E-state index is 5.74. The minimum Gasteiger partial charge on any atom is -0.456 e. The van der Waals surface area contributed by atoms with Gasteiger partial charge in [-0.05, 0) is 79.4 Å². The van der Waals surface area contributed by atoms with Crippen molar-refractivity contribution in [2.24, 2.45) is 7.05 Å². The molecule has 8 rings (SSSR count). The molecule has 4 heteroatoms. The molecule has 0 aliphatic heterocycles. The second kappa shape index (κ2) is 12.7. The van der Waals surface area contributed by atoms with E-state index in [2.05, 4.69) is 128 Å². The van der Waals surface area contributed by atoms with Crippen LogP contribution < -0.4 is 0 Å². The first-order chi connectivity index (χ1) is 21.6. The van der Waals surface area contributed by atoms with Gasteiger partial charge in [0.05, 0.1) is 7.85 Å². The highest BCUT2D eigenvalue weighted by atomic mass is 16.3. The Labute approximate surface area is 260 Å². The lowest BCUT2D eigenvalue weighted by Gasteiger charge is -2.04. The van der Waals surface area contributed by atoms with E-state index < -0.39 is 0 Å². The fourth-order valence-electron chi connectivity index (χ4n) is 6.33. The van der Waals surface area contributed by atoms with Crippen LogP contribution in [0.25, 0.3) is 60.7 Å². The van der Waals surface area contributed by atoms with E-state index in [1.807, 2.05) is 31.2 Å². The van der Waals surface area contributed by atoms with Crippen LogP contribution >= 0.6 is 0 Å². The predicted molar refractivity (Wildman–Crippen MR) is 191 cm³/mol. The van der Waals surface area contributed by atoms with Gasteiger partial charge in [-0.15, -0.1) is 0 Å². The molecule has 44 heavy (non-hydrogen) atoms. The van der Waals surface area contributed by atoms with Crippen LogP contribution in [0.5, 0.6) is 0 Å². The smallest absolute Gasteiger partial charge is 0.135 e. The normalized spacial score (nSPS) is 11.4. The van der Waals surface area contributed by atoms with Crippen molar-refractivity contribution < 1.29 is 4.42 Å². The van der Waals surface area contributed by atoms with Gasteiger partial charge < -0.3 is 14.0 Å². The van der Waals surface area contributed by atoms with Gasteiger partial charge in [0.2, 0.25) is 0 Å². The van der Waals surface area contributed by atoms with Gasteiger partial charge in [0.25, 0.3) is 0 Å². The summed E-state index contributed by atoms with van der Waals surface area (Å²) in [5, 5.41) is 6.50. The van der Waals surface area contributed by atoms with Gasteiger partial charge in [-0.2, -0.15) is 0 Å². The summed E-state index contributed by atoms with van der Waals surface area (Å²) in [5.41, 5.74) is 9.96. The van der Waals surface area contributed by atoms with E-state index in [9.17, 15) is 0 Å². The number of H-pyrrole nitrogens is 1. The van der Waals surface area contributed by atoms with Crippen LogP contribution in [0.15, 0.2) is 120 Å². The predicted octanol–water partition coefficient (Wildman–Crippen LogP) is 10.8. The molecule has 0 atom stereocenters. The van der Waals surface area contributed by atoms with E-state index in [4.69, 9.17) is 4.42 Å². The third-order valence-corrected chi connectivity index (χ3v) is 8.36. The Kier molecular flexibility index (Phi) is 8.43. The Morgan fingerprint density at radius 1 is 0.682 bits per heavy atom. The van der Waals surface area contributed by atoms with Gasteiger partial charge in [0, 0.05) is 61.6 Å². The minimum atomic E-state index is 0.939. The second-order valence-corrected chi connectivity index (χ2v) is 10.9. The minimum absolute atomic E-state index is 0.939. The number of para-hydroxylation sites is 3. The number of nitrogens with zero attached hydrogens (tertiary/aromatic N) is 1. The van der Waals surface area contributed by atoms with Crippen molar-refractivity contribution in [1.29, 1.82) is 0 Å². The summed E-state index contributed by atoms with van der Waals surface area (Å²) in [4.78, 5) is 3.51. The van der Waals surface area contributed by atoms with Crippen LogP contribution in [-0.2, 0) is 19.9 Å². The molecule has 0 fully saturated rings. The van der Waals surface area contributed by atoms with Crippen LogP contribution in [0.4, 0.5) is 0 Å². The van der Waals surface area contributed by atoms with Crippen molar-refractivity contribution in [3.63, 3.8) is 0 Å². The third-order valence-electron chi connectivity index (χ3n) is 8.36. The van der Waals surface area contributed by atoms with Crippen molar-refractivity contribution in [2.45, 2.75) is 33.5 Å². The van der Waals surface area contributed by atoms with Crippen molar-refractivity contribution in [1.82, 2.24) is 9.55 Å². The number of aromatic amines is 1. The van der Waals surface area contributed by atoms with E-state index in [-0.39, 0.29) is 0 Å². The van der Waals surface area contributed by atoms with E-state index >= 15 is 0 Å². The first-order valence-electron chi connectivity index (χ1n) is 15.3. The average molecular weight is 573 g/mol. The van der Waals surface area contributed by atoms with Crippen LogP contribution in [0, 0.1) is 0 Å². The van der Waals surface area contributed by atoms with Gasteiger partial charge in [-0.1, -0.05) is 86.6 Å².